The monoisotopic (exact) mass is 528 g/mol. The minimum atomic E-state index is -3.06. The summed E-state index contributed by atoms with van der Waals surface area (Å²) in [6.07, 6.45) is 0.561. The van der Waals surface area contributed by atoms with Crippen LogP contribution in [0.15, 0.2) is 46.0 Å². The van der Waals surface area contributed by atoms with E-state index in [1.807, 2.05) is 0 Å². The number of carbonyl (C=O) groups is 1. The molecule has 1 aromatic heterocycles. The van der Waals surface area contributed by atoms with Crippen molar-refractivity contribution >= 4 is 34.7 Å². The minimum Gasteiger partial charge on any atom is -0.463 e. The van der Waals surface area contributed by atoms with Crippen LogP contribution in [0.2, 0.25) is 5.02 Å². The molecule has 0 radical (unpaired) electrons. The van der Waals surface area contributed by atoms with Crippen LogP contribution in [0.25, 0.3) is 0 Å². The summed E-state index contributed by atoms with van der Waals surface area (Å²) >= 11 is 7.67. The first-order chi connectivity index (χ1) is 16.7. The Labute approximate surface area is 209 Å². The van der Waals surface area contributed by atoms with Crippen molar-refractivity contribution in [3.05, 3.63) is 62.5 Å². The average molecular weight is 529 g/mol. The van der Waals surface area contributed by atoms with Crippen molar-refractivity contribution in [3.63, 3.8) is 0 Å². The van der Waals surface area contributed by atoms with E-state index in [0.29, 0.717) is 28.6 Å². The molecule has 12 heteroatoms. The number of likely N-dealkylation sites (tertiary alicyclic amines) is 1. The van der Waals surface area contributed by atoms with E-state index in [1.54, 1.807) is 23.4 Å². The van der Waals surface area contributed by atoms with Crippen molar-refractivity contribution in [2.24, 2.45) is 4.99 Å². The Kier molecular flexibility index (Phi) is 7.80. The lowest BCUT2D eigenvalue weighted by Crippen LogP contribution is -2.53. The number of hydrogen-bond donors (Lipinski definition) is 1. The number of halogens is 4. The van der Waals surface area contributed by atoms with Crippen molar-refractivity contribution < 1.29 is 27.4 Å². The van der Waals surface area contributed by atoms with Crippen molar-refractivity contribution in [1.82, 2.24) is 15.2 Å². The third kappa shape index (κ3) is 5.53. The molecule has 35 heavy (non-hydrogen) atoms. The number of aromatic nitrogens is 1. The third-order valence-electron chi connectivity index (χ3n) is 5.79. The van der Waals surface area contributed by atoms with Gasteiger partial charge in [-0.25, -0.2) is 22.9 Å². The summed E-state index contributed by atoms with van der Waals surface area (Å²) in [4.78, 5) is 23.6. The van der Waals surface area contributed by atoms with Gasteiger partial charge in [-0.05, 0) is 25.5 Å². The lowest BCUT2D eigenvalue weighted by molar-refractivity contribution is -0.161. The zero-order valence-electron chi connectivity index (χ0n) is 19.1. The van der Waals surface area contributed by atoms with E-state index >= 15 is 0 Å². The number of esters is 1. The van der Waals surface area contributed by atoms with Gasteiger partial charge >= 0.3 is 5.97 Å². The molecule has 0 spiro atoms. The number of rotatable bonds is 7. The summed E-state index contributed by atoms with van der Waals surface area (Å²) in [5.41, 5.74) is 0.853. The summed E-state index contributed by atoms with van der Waals surface area (Å²) in [5, 5.41) is 5.50. The van der Waals surface area contributed by atoms with Gasteiger partial charge < -0.3 is 14.8 Å². The Morgan fingerprint density at radius 1 is 1.40 bits per heavy atom. The zero-order chi connectivity index (χ0) is 25.2. The van der Waals surface area contributed by atoms with E-state index in [1.165, 1.54) is 30.6 Å². The SMILES string of the molecule is CCOC(=O)C1=C(CN2CCC(OC)C(F)(F)C2)NC(c2nccs2)=NC1c1ccc(F)cc1Cl. The fourth-order valence-corrected chi connectivity index (χ4v) is 5.06. The molecule has 0 saturated carbocycles. The molecule has 0 bridgehead atoms. The number of piperidine rings is 1. The Balaban J connectivity index is 1.78. The smallest absolute Gasteiger partial charge is 0.338 e. The van der Waals surface area contributed by atoms with E-state index in [0.717, 1.165) is 6.07 Å². The second-order valence-electron chi connectivity index (χ2n) is 8.11. The predicted octanol–water partition coefficient (Wildman–Crippen LogP) is 4.20. The number of ether oxygens (including phenoxy) is 2. The fraction of sp³-hybridized carbons (Fsp3) is 0.435. The van der Waals surface area contributed by atoms with Crippen LogP contribution in [0, 0.1) is 5.82 Å². The van der Waals surface area contributed by atoms with Gasteiger partial charge in [-0.1, -0.05) is 17.7 Å². The van der Waals surface area contributed by atoms with E-state index in [4.69, 9.17) is 21.1 Å². The second-order valence-corrected chi connectivity index (χ2v) is 9.41. The van der Waals surface area contributed by atoms with E-state index in [2.05, 4.69) is 15.3 Å². The first kappa shape index (κ1) is 25.6. The molecule has 2 aromatic rings. The summed E-state index contributed by atoms with van der Waals surface area (Å²) in [7, 11) is 1.27. The quantitative estimate of drug-likeness (QED) is 0.543. The van der Waals surface area contributed by atoms with Crippen molar-refractivity contribution in [2.45, 2.75) is 31.4 Å². The van der Waals surface area contributed by atoms with Gasteiger partial charge in [0.1, 0.15) is 18.0 Å². The van der Waals surface area contributed by atoms with Crippen LogP contribution in [0.5, 0.6) is 0 Å². The van der Waals surface area contributed by atoms with Crippen LogP contribution in [-0.2, 0) is 14.3 Å². The minimum absolute atomic E-state index is 0.000118. The molecule has 2 atom stereocenters. The number of aliphatic imine (C=N–C) groups is 1. The Morgan fingerprint density at radius 2 is 2.20 bits per heavy atom. The molecule has 2 aliphatic rings. The molecule has 1 aromatic carbocycles. The summed E-state index contributed by atoms with van der Waals surface area (Å²) in [6.45, 7) is 1.55. The molecule has 1 N–H and O–H groups in total. The second kappa shape index (κ2) is 10.7. The van der Waals surface area contributed by atoms with Gasteiger partial charge in [-0.3, -0.25) is 9.89 Å². The number of benzene rings is 1. The van der Waals surface area contributed by atoms with Crippen LogP contribution < -0.4 is 5.32 Å². The number of hydrogen-bond acceptors (Lipinski definition) is 8. The van der Waals surface area contributed by atoms with Crippen LogP contribution in [0.3, 0.4) is 0 Å². The van der Waals surface area contributed by atoms with Crippen LogP contribution in [0.1, 0.15) is 30.0 Å². The molecule has 0 amide bonds. The number of thiazole rings is 1. The maximum Gasteiger partial charge on any atom is 0.338 e. The van der Waals surface area contributed by atoms with Gasteiger partial charge in [0.05, 0.1) is 18.7 Å². The highest BCUT2D eigenvalue weighted by atomic mass is 35.5. The van der Waals surface area contributed by atoms with Gasteiger partial charge in [0.15, 0.2) is 10.8 Å². The van der Waals surface area contributed by atoms with Gasteiger partial charge in [0.25, 0.3) is 5.92 Å². The van der Waals surface area contributed by atoms with E-state index < -0.39 is 36.4 Å². The largest absolute Gasteiger partial charge is 0.463 e. The summed E-state index contributed by atoms with van der Waals surface area (Å²) in [5.74, 6) is -3.91. The van der Waals surface area contributed by atoms with Crippen molar-refractivity contribution in [3.8, 4) is 0 Å². The molecule has 2 unspecified atom stereocenters. The molecule has 188 valence electrons. The molecular formula is C23H24ClF3N4O3S. The highest BCUT2D eigenvalue weighted by molar-refractivity contribution is 7.11. The number of amidine groups is 1. The lowest BCUT2D eigenvalue weighted by atomic mass is 9.94. The third-order valence-corrected chi connectivity index (χ3v) is 6.90. The van der Waals surface area contributed by atoms with Crippen molar-refractivity contribution in [2.75, 3.05) is 33.4 Å². The maximum absolute atomic E-state index is 14.6. The first-order valence-electron chi connectivity index (χ1n) is 11.0. The molecule has 1 fully saturated rings. The number of methoxy groups -OCH3 is 1. The van der Waals surface area contributed by atoms with E-state index in [9.17, 15) is 18.0 Å². The number of nitrogens with zero attached hydrogens (tertiary/aromatic N) is 3. The van der Waals surface area contributed by atoms with Gasteiger partial charge in [-0.2, -0.15) is 0 Å². The normalized spacial score (nSPS) is 22.5. The van der Waals surface area contributed by atoms with Gasteiger partial charge in [0.2, 0.25) is 0 Å². The number of alkyl halides is 2. The van der Waals surface area contributed by atoms with E-state index in [-0.39, 0.29) is 30.2 Å². The lowest BCUT2D eigenvalue weighted by Gasteiger charge is -2.38. The molecule has 3 heterocycles. The highest BCUT2D eigenvalue weighted by Gasteiger charge is 2.45. The average Bonchev–Trinajstić information content (AvgIpc) is 3.33. The topological polar surface area (TPSA) is 76.0 Å². The van der Waals surface area contributed by atoms with Crippen LogP contribution >= 0.6 is 22.9 Å². The predicted molar refractivity (Wildman–Crippen MR) is 126 cm³/mol. The highest BCUT2D eigenvalue weighted by Crippen LogP contribution is 2.37. The first-order valence-corrected chi connectivity index (χ1v) is 12.2. The van der Waals surface area contributed by atoms with Gasteiger partial charge in [-0.15, -0.1) is 11.3 Å². The Bertz CT molecular complexity index is 1140. The standard InChI is InChI=1S/C23H24ClF3N4O3S/c1-3-34-22(32)18-16(11-31-8-6-17(33-2)23(26,27)12-31)29-20(21-28-7-9-35-21)30-19(18)14-5-4-13(25)10-15(14)24/h4-5,7,9-10,17,19H,3,6,8,11-12H2,1-2H3,(H,29,30). The molecular weight excluding hydrogens is 505 g/mol. The van der Waals surface area contributed by atoms with Crippen LogP contribution in [-0.4, -0.2) is 67.1 Å². The molecule has 0 aliphatic carbocycles. The summed E-state index contributed by atoms with van der Waals surface area (Å²) in [6, 6.07) is 2.86. The number of nitrogens with one attached hydrogen (secondary N) is 1. The Morgan fingerprint density at radius 3 is 2.83 bits per heavy atom. The Hall–Kier alpha value is -2.47. The molecule has 2 aliphatic heterocycles. The van der Waals surface area contributed by atoms with Crippen molar-refractivity contribution in [1.29, 1.82) is 0 Å². The van der Waals surface area contributed by atoms with Crippen LogP contribution in [0.4, 0.5) is 13.2 Å². The fourth-order valence-electron chi connectivity index (χ4n) is 4.21. The summed E-state index contributed by atoms with van der Waals surface area (Å²) < 4.78 is 53.2. The van der Waals surface area contributed by atoms with Gasteiger partial charge in [0, 0.05) is 48.1 Å². The molecule has 7 nitrogen and oxygen atoms in total. The molecule has 4 rings (SSSR count). The maximum atomic E-state index is 14.6. The number of carbonyl (C=O) groups excluding carboxylic acids is 1. The zero-order valence-corrected chi connectivity index (χ0v) is 20.6. The molecule has 1 saturated heterocycles.